The van der Waals surface area contributed by atoms with E-state index in [1.54, 1.807) is 14.2 Å². The van der Waals surface area contributed by atoms with E-state index in [2.05, 4.69) is 15.3 Å². The first-order chi connectivity index (χ1) is 23.5. The molecular weight excluding hydrogens is 610 g/mol. The molecule has 0 unspecified atom stereocenters. The molecule has 0 fully saturated rings. The minimum absolute atomic E-state index is 0.0451. The number of hydrogen-bond acceptors (Lipinski definition) is 8. The van der Waals surface area contributed by atoms with E-state index in [1.165, 1.54) is 0 Å². The molecule has 2 atom stereocenters. The number of ether oxygens (including phenoxy) is 4. The second-order valence-electron chi connectivity index (χ2n) is 11.2. The molecule has 0 saturated heterocycles. The van der Waals surface area contributed by atoms with Gasteiger partial charge in [0, 0.05) is 36.5 Å². The molecule has 1 aliphatic heterocycles. The van der Waals surface area contributed by atoms with Gasteiger partial charge < -0.3 is 29.4 Å². The van der Waals surface area contributed by atoms with Gasteiger partial charge in [-0.1, -0.05) is 59.7 Å². The third kappa shape index (κ3) is 7.88. The third-order valence-corrected chi connectivity index (χ3v) is 8.18. The summed E-state index contributed by atoms with van der Waals surface area (Å²) < 4.78 is 23.4. The lowest BCUT2D eigenvalue weighted by Gasteiger charge is -2.31. The van der Waals surface area contributed by atoms with Crippen molar-refractivity contribution >= 4 is 11.8 Å². The maximum absolute atomic E-state index is 14.7. The van der Waals surface area contributed by atoms with E-state index in [9.17, 15) is 4.79 Å². The lowest BCUT2D eigenvalue weighted by atomic mass is 9.80. The summed E-state index contributed by atoms with van der Waals surface area (Å²) in [4.78, 5) is 22.7. The van der Waals surface area contributed by atoms with E-state index >= 15 is 0 Å². The second kappa shape index (κ2) is 16.4. The van der Waals surface area contributed by atoms with Crippen molar-refractivity contribution in [1.29, 1.82) is 0 Å². The summed E-state index contributed by atoms with van der Waals surface area (Å²) in [6.45, 7) is 0.885. The smallest absolute Gasteiger partial charge is 0.252 e. The average Bonchev–Trinajstić information content (AvgIpc) is 3.52. The third-order valence-electron chi connectivity index (χ3n) is 8.18. The number of para-hydroxylation sites is 1. The van der Waals surface area contributed by atoms with Crippen molar-refractivity contribution in [2.75, 3.05) is 34.0 Å². The minimum atomic E-state index is -1.45. The molecule has 0 aromatic heterocycles. The molecule has 1 amide bonds. The van der Waals surface area contributed by atoms with Gasteiger partial charge in [-0.15, -0.1) is 0 Å². The number of methoxy groups -OCH3 is 2. The molecule has 11 nitrogen and oxygen atoms in total. The molecular formula is C37H39N5O6. The Bertz CT molecular complexity index is 1770. The average molecular weight is 650 g/mol. The fourth-order valence-electron chi connectivity index (χ4n) is 5.74. The summed E-state index contributed by atoms with van der Waals surface area (Å²) in [5.41, 5.74) is 11.5. The van der Waals surface area contributed by atoms with Gasteiger partial charge in [0.1, 0.15) is 17.2 Å². The molecule has 0 radical (unpaired) electrons. The highest BCUT2D eigenvalue weighted by Gasteiger charge is 2.53. The Balaban J connectivity index is 1.57. The van der Waals surface area contributed by atoms with Crippen molar-refractivity contribution in [2.24, 2.45) is 10.1 Å². The quantitative estimate of drug-likeness (QED) is 0.0646. The van der Waals surface area contributed by atoms with Crippen LogP contribution in [-0.4, -0.2) is 56.4 Å². The van der Waals surface area contributed by atoms with Gasteiger partial charge in [0.2, 0.25) is 5.90 Å². The number of carbonyl (C=O) groups excluding carboxylic acids is 1. The summed E-state index contributed by atoms with van der Waals surface area (Å²) in [6.07, 6.45) is 0.397. The highest BCUT2D eigenvalue weighted by atomic mass is 16.5. The molecule has 1 aliphatic rings. The number of nitrogens with zero attached hydrogens (tertiary/aromatic N) is 4. The van der Waals surface area contributed by atoms with Crippen molar-refractivity contribution in [2.45, 2.75) is 37.5 Å². The zero-order valence-electron chi connectivity index (χ0n) is 27.0. The molecule has 0 saturated carbocycles. The van der Waals surface area contributed by atoms with Crippen LogP contribution in [0.2, 0.25) is 0 Å². The molecule has 0 aliphatic carbocycles. The predicted molar refractivity (Wildman–Crippen MR) is 182 cm³/mol. The first-order valence-electron chi connectivity index (χ1n) is 15.7. The van der Waals surface area contributed by atoms with Crippen LogP contribution in [0.15, 0.2) is 107 Å². The Morgan fingerprint density at radius 2 is 1.71 bits per heavy atom. The van der Waals surface area contributed by atoms with Gasteiger partial charge in [-0.05, 0) is 76.7 Å². The van der Waals surface area contributed by atoms with Crippen LogP contribution in [0, 0.1) is 0 Å². The molecule has 11 heteroatoms. The summed E-state index contributed by atoms with van der Waals surface area (Å²) in [7, 11) is 3.21. The Morgan fingerprint density at radius 1 is 0.958 bits per heavy atom. The molecule has 48 heavy (non-hydrogen) atoms. The Morgan fingerprint density at radius 3 is 2.44 bits per heavy atom. The molecule has 4 aromatic rings. The summed E-state index contributed by atoms with van der Waals surface area (Å²) in [6, 6.07) is 30.0. The zero-order valence-corrected chi connectivity index (χ0v) is 27.0. The molecule has 248 valence electrons. The highest BCUT2D eigenvalue weighted by molar-refractivity contribution is 6.01. The van der Waals surface area contributed by atoms with E-state index < -0.39 is 11.6 Å². The van der Waals surface area contributed by atoms with Crippen LogP contribution in [-0.2, 0) is 28.9 Å². The van der Waals surface area contributed by atoms with Crippen molar-refractivity contribution < 1.29 is 28.8 Å². The van der Waals surface area contributed by atoms with Gasteiger partial charge in [0.25, 0.3) is 5.91 Å². The van der Waals surface area contributed by atoms with Gasteiger partial charge >= 0.3 is 0 Å². The first-order valence-corrected chi connectivity index (χ1v) is 15.7. The number of nitrogens with one attached hydrogen (secondary N) is 1. The van der Waals surface area contributed by atoms with E-state index in [4.69, 9.17) is 34.6 Å². The van der Waals surface area contributed by atoms with E-state index in [0.29, 0.717) is 54.5 Å². The largest absolute Gasteiger partial charge is 0.497 e. The number of rotatable bonds is 16. The van der Waals surface area contributed by atoms with Crippen molar-refractivity contribution in [3.05, 3.63) is 135 Å². The van der Waals surface area contributed by atoms with Gasteiger partial charge in [-0.2, -0.15) is 0 Å². The van der Waals surface area contributed by atoms with Crippen LogP contribution in [0.3, 0.4) is 0 Å². The molecule has 0 bridgehead atoms. The minimum Gasteiger partial charge on any atom is -0.497 e. The van der Waals surface area contributed by atoms with Crippen LogP contribution < -0.4 is 19.5 Å². The lowest BCUT2D eigenvalue weighted by molar-refractivity contribution is -0.128. The SMILES string of the molecule is COc1cccc([C@H]2OC(c3ccc(OCCCO)cc3)=N[C@@]2(Cc2ccccc2CN=[N+]=[N-])C(=O)NCCc2ccccc2OC)c1. The fourth-order valence-corrected chi connectivity index (χ4v) is 5.74. The Kier molecular flexibility index (Phi) is 11.5. The molecule has 5 rings (SSSR count). The van der Waals surface area contributed by atoms with Gasteiger partial charge in [-0.25, -0.2) is 4.99 Å². The van der Waals surface area contributed by atoms with Crippen LogP contribution in [0.4, 0.5) is 0 Å². The van der Waals surface area contributed by atoms with Crippen molar-refractivity contribution in [3.8, 4) is 17.2 Å². The first kappa shape index (κ1) is 33.8. The maximum atomic E-state index is 14.7. The predicted octanol–water partition coefficient (Wildman–Crippen LogP) is 6.13. The number of aliphatic imine (C=N–C) groups is 1. The Hall–Kier alpha value is -5.51. The normalized spacial score (nSPS) is 16.6. The summed E-state index contributed by atoms with van der Waals surface area (Å²) >= 11 is 0. The Labute approximate surface area is 279 Å². The van der Waals surface area contributed by atoms with E-state index in [1.807, 2.05) is 97.1 Å². The topological polar surface area (TPSA) is 147 Å². The number of hydrogen-bond donors (Lipinski definition) is 2. The number of aliphatic hydroxyl groups is 1. The van der Waals surface area contributed by atoms with Crippen LogP contribution in [0.25, 0.3) is 10.4 Å². The number of carbonyl (C=O) groups is 1. The molecule has 1 heterocycles. The summed E-state index contributed by atoms with van der Waals surface area (Å²) in [5, 5.41) is 16.1. The van der Waals surface area contributed by atoms with Crippen LogP contribution >= 0.6 is 0 Å². The molecule has 2 N–H and O–H groups in total. The highest BCUT2D eigenvalue weighted by Crippen LogP contribution is 2.43. The maximum Gasteiger partial charge on any atom is 0.252 e. The number of azide groups is 1. The molecule has 0 spiro atoms. The number of aliphatic hydroxyl groups excluding tert-OH is 1. The van der Waals surface area contributed by atoms with Crippen LogP contribution in [0.5, 0.6) is 17.2 Å². The van der Waals surface area contributed by atoms with Gasteiger partial charge in [0.05, 0.1) is 27.4 Å². The second-order valence-corrected chi connectivity index (χ2v) is 11.2. The van der Waals surface area contributed by atoms with Crippen molar-refractivity contribution in [3.63, 3.8) is 0 Å². The van der Waals surface area contributed by atoms with E-state index in [-0.39, 0.29) is 25.5 Å². The zero-order chi connectivity index (χ0) is 33.8. The lowest BCUT2D eigenvalue weighted by Crippen LogP contribution is -2.50. The van der Waals surface area contributed by atoms with E-state index in [0.717, 1.165) is 22.4 Å². The summed E-state index contributed by atoms with van der Waals surface area (Å²) in [5.74, 6) is 1.99. The van der Waals surface area contributed by atoms with Crippen molar-refractivity contribution in [1.82, 2.24) is 5.32 Å². The standard InChI is InChI=1S/C37H39N5O6/c1-45-32-13-7-12-28(23-32)34-37(24-29-10-3-4-11-30(29)25-40-42-38,36(44)39-20-19-26-9-5-6-14-33(26)46-2)41-35(48-34)27-15-17-31(18-16-27)47-22-8-21-43/h3-7,9-18,23,34,43H,8,19-22,24-25H2,1-2H3,(H,39,44)/t34-,37-/m1/s1. The monoisotopic (exact) mass is 649 g/mol. The van der Waals surface area contributed by atoms with Gasteiger partial charge in [0.15, 0.2) is 11.6 Å². The number of benzene rings is 4. The molecule has 4 aromatic carbocycles. The fraction of sp³-hybridized carbons (Fsp3) is 0.297. The number of amides is 1. The van der Waals surface area contributed by atoms with Crippen LogP contribution in [0.1, 0.15) is 40.3 Å². The van der Waals surface area contributed by atoms with Gasteiger partial charge in [-0.3, -0.25) is 4.79 Å².